The molecule has 1 aromatic heterocycles. The zero-order valence-corrected chi connectivity index (χ0v) is 12.0. The number of aromatic nitrogens is 2. The molecule has 2 aromatic rings. The molecular formula is C13H14ClN3OS. The molecule has 0 spiro atoms. The predicted molar refractivity (Wildman–Crippen MR) is 80.9 cm³/mol. The van der Waals surface area contributed by atoms with Gasteiger partial charge in [-0.2, -0.15) is 16.9 Å². The zero-order valence-electron chi connectivity index (χ0n) is 10.4. The van der Waals surface area contributed by atoms with Gasteiger partial charge in [0.2, 0.25) is 0 Å². The number of thioether (sulfide) groups is 1. The number of nitrogens with zero attached hydrogens (tertiary/aromatic N) is 1. The van der Waals surface area contributed by atoms with E-state index in [1.54, 1.807) is 11.8 Å². The molecule has 0 aliphatic rings. The van der Waals surface area contributed by atoms with Crippen molar-refractivity contribution < 1.29 is 0 Å². The first kappa shape index (κ1) is 14.0. The third kappa shape index (κ3) is 3.75. The number of rotatable bonds is 5. The van der Waals surface area contributed by atoms with E-state index in [0.717, 1.165) is 11.3 Å². The summed E-state index contributed by atoms with van der Waals surface area (Å²) in [6, 6.07) is 8.30. The first-order valence-corrected chi connectivity index (χ1v) is 7.51. The first-order valence-electron chi connectivity index (χ1n) is 5.74. The third-order valence-corrected chi connectivity index (χ3v) is 3.58. The summed E-state index contributed by atoms with van der Waals surface area (Å²) in [5, 5.41) is 9.25. The van der Waals surface area contributed by atoms with Gasteiger partial charge in [0.25, 0.3) is 5.56 Å². The highest BCUT2D eigenvalue weighted by molar-refractivity contribution is 7.97. The van der Waals surface area contributed by atoms with Crippen LogP contribution in [0.2, 0.25) is 5.02 Å². The molecule has 2 rings (SSSR count). The van der Waals surface area contributed by atoms with Gasteiger partial charge in [-0.15, -0.1) is 0 Å². The molecule has 0 unspecified atom stereocenters. The summed E-state index contributed by atoms with van der Waals surface area (Å²) in [4.78, 5) is 11.3. The van der Waals surface area contributed by atoms with Gasteiger partial charge in [-0.3, -0.25) is 4.79 Å². The molecule has 0 radical (unpaired) electrons. The summed E-state index contributed by atoms with van der Waals surface area (Å²) >= 11 is 7.68. The normalized spacial score (nSPS) is 10.4. The molecule has 0 amide bonds. The highest BCUT2D eigenvalue weighted by Gasteiger charge is 2.04. The third-order valence-electron chi connectivity index (χ3n) is 2.58. The van der Waals surface area contributed by atoms with Gasteiger partial charge in [0, 0.05) is 12.3 Å². The Balaban J connectivity index is 2.08. The van der Waals surface area contributed by atoms with Crippen molar-refractivity contribution in [3.05, 3.63) is 57.0 Å². The first-order chi connectivity index (χ1) is 9.20. The number of anilines is 1. The maximum absolute atomic E-state index is 11.3. The van der Waals surface area contributed by atoms with Crippen LogP contribution in [0, 0.1) is 0 Å². The van der Waals surface area contributed by atoms with E-state index >= 15 is 0 Å². The summed E-state index contributed by atoms with van der Waals surface area (Å²) in [5.41, 5.74) is 2.58. The molecule has 0 fully saturated rings. The molecule has 1 aromatic carbocycles. The lowest BCUT2D eigenvalue weighted by Crippen LogP contribution is -2.11. The fourth-order valence-corrected chi connectivity index (χ4v) is 2.37. The second kappa shape index (κ2) is 6.63. The van der Waals surface area contributed by atoms with E-state index in [2.05, 4.69) is 33.9 Å². The molecule has 100 valence electrons. The second-order valence-electron chi connectivity index (χ2n) is 4.03. The van der Waals surface area contributed by atoms with Gasteiger partial charge in [-0.25, -0.2) is 5.10 Å². The van der Waals surface area contributed by atoms with Crippen molar-refractivity contribution in [3.8, 4) is 0 Å². The van der Waals surface area contributed by atoms with Crippen LogP contribution in [0.1, 0.15) is 11.1 Å². The van der Waals surface area contributed by atoms with E-state index in [0.29, 0.717) is 12.2 Å². The van der Waals surface area contributed by atoms with Crippen LogP contribution >= 0.6 is 23.4 Å². The Hall–Kier alpha value is -1.46. The Morgan fingerprint density at radius 2 is 2.21 bits per heavy atom. The largest absolute Gasteiger partial charge is 0.378 e. The van der Waals surface area contributed by atoms with Crippen LogP contribution in [0.4, 0.5) is 5.69 Å². The Labute approximate surface area is 120 Å². The maximum Gasteiger partial charge on any atom is 0.285 e. The average Bonchev–Trinajstić information content (AvgIpc) is 2.41. The maximum atomic E-state index is 11.3. The van der Waals surface area contributed by atoms with Gasteiger partial charge in [0.05, 0.1) is 11.9 Å². The van der Waals surface area contributed by atoms with Crippen molar-refractivity contribution in [2.24, 2.45) is 0 Å². The molecule has 0 saturated carbocycles. The highest BCUT2D eigenvalue weighted by atomic mass is 35.5. The quantitative estimate of drug-likeness (QED) is 0.890. The summed E-state index contributed by atoms with van der Waals surface area (Å²) in [6.07, 6.45) is 3.59. The smallest absolute Gasteiger partial charge is 0.285 e. The number of benzene rings is 1. The number of hydrogen-bond donors (Lipinski definition) is 2. The SMILES string of the molecule is CSCc1cccc(CNc2cn[nH]c(=O)c2Cl)c1. The van der Waals surface area contributed by atoms with Crippen LogP contribution in [0.3, 0.4) is 0 Å². The van der Waals surface area contributed by atoms with Gasteiger partial charge < -0.3 is 5.32 Å². The predicted octanol–water partition coefficient (Wildman–Crippen LogP) is 2.90. The number of nitrogens with one attached hydrogen (secondary N) is 2. The lowest BCUT2D eigenvalue weighted by Gasteiger charge is -2.08. The van der Waals surface area contributed by atoms with E-state index < -0.39 is 0 Å². The minimum Gasteiger partial charge on any atom is -0.378 e. The van der Waals surface area contributed by atoms with Crippen molar-refractivity contribution >= 4 is 29.1 Å². The summed E-state index contributed by atoms with van der Waals surface area (Å²) < 4.78 is 0. The number of aromatic amines is 1. The molecule has 6 heteroatoms. The fourth-order valence-electron chi connectivity index (χ4n) is 1.70. The molecular weight excluding hydrogens is 282 g/mol. The molecule has 0 bridgehead atoms. The van der Waals surface area contributed by atoms with E-state index in [4.69, 9.17) is 11.6 Å². The molecule has 0 atom stereocenters. The van der Waals surface area contributed by atoms with Gasteiger partial charge in [-0.05, 0) is 17.4 Å². The van der Waals surface area contributed by atoms with E-state index in [9.17, 15) is 4.79 Å². The molecule has 0 saturated heterocycles. The molecule has 4 nitrogen and oxygen atoms in total. The summed E-state index contributed by atoms with van der Waals surface area (Å²) in [5.74, 6) is 0.987. The van der Waals surface area contributed by atoms with Gasteiger partial charge in [0.15, 0.2) is 0 Å². The number of halogens is 1. The monoisotopic (exact) mass is 295 g/mol. The molecule has 2 N–H and O–H groups in total. The Kier molecular flexibility index (Phi) is 4.87. The topological polar surface area (TPSA) is 57.8 Å². The van der Waals surface area contributed by atoms with Crippen molar-refractivity contribution in [1.29, 1.82) is 0 Å². The summed E-state index contributed by atoms with van der Waals surface area (Å²) in [6.45, 7) is 0.604. The Bertz CT molecular complexity index is 615. The Morgan fingerprint density at radius 1 is 1.42 bits per heavy atom. The van der Waals surface area contributed by atoms with Crippen LogP contribution < -0.4 is 10.9 Å². The minimum atomic E-state index is -0.386. The molecule has 0 aliphatic heterocycles. The van der Waals surface area contributed by atoms with Crippen molar-refractivity contribution in [2.45, 2.75) is 12.3 Å². The van der Waals surface area contributed by atoms with Crippen LogP contribution in [0.25, 0.3) is 0 Å². The van der Waals surface area contributed by atoms with Crippen LogP contribution in [-0.2, 0) is 12.3 Å². The standard InChI is InChI=1S/C13H14ClN3OS/c1-19-8-10-4-2-3-9(5-10)6-15-11-7-16-17-13(18)12(11)14/h2-5,7H,6,8H2,1H3,(H2,15,17,18). The van der Waals surface area contributed by atoms with Crippen molar-refractivity contribution in [3.63, 3.8) is 0 Å². The molecule has 0 aliphatic carbocycles. The number of hydrogen-bond acceptors (Lipinski definition) is 4. The lowest BCUT2D eigenvalue weighted by molar-refractivity contribution is 0.981. The molecule has 19 heavy (non-hydrogen) atoms. The zero-order chi connectivity index (χ0) is 13.7. The van der Waals surface area contributed by atoms with Crippen LogP contribution in [0.5, 0.6) is 0 Å². The van der Waals surface area contributed by atoms with E-state index in [1.165, 1.54) is 11.8 Å². The van der Waals surface area contributed by atoms with Crippen LogP contribution in [-0.4, -0.2) is 16.5 Å². The summed E-state index contributed by atoms with van der Waals surface area (Å²) in [7, 11) is 0. The van der Waals surface area contributed by atoms with Crippen LogP contribution in [0.15, 0.2) is 35.3 Å². The average molecular weight is 296 g/mol. The minimum absolute atomic E-state index is 0.135. The van der Waals surface area contributed by atoms with E-state index in [1.807, 2.05) is 12.1 Å². The van der Waals surface area contributed by atoms with Crippen molar-refractivity contribution in [2.75, 3.05) is 11.6 Å². The molecule has 1 heterocycles. The fraction of sp³-hybridized carbons (Fsp3) is 0.231. The van der Waals surface area contributed by atoms with Gasteiger partial charge >= 0.3 is 0 Å². The second-order valence-corrected chi connectivity index (χ2v) is 5.28. The number of H-pyrrole nitrogens is 1. The highest BCUT2D eigenvalue weighted by Crippen LogP contribution is 2.17. The van der Waals surface area contributed by atoms with Gasteiger partial charge in [-0.1, -0.05) is 35.9 Å². The Morgan fingerprint density at radius 3 is 3.00 bits per heavy atom. The van der Waals surface area contributed by atoms with E-state index in [-0.39, 0.29) is 10.6 Å². The van der Waals surface area contributed by atoms with Gasteiger partial charge in [0.1, 0.15) is 5.02 Å². The van der Waals surface area contributed by atoms with Crippen molar-refractivity contribution in [1.82, 2.24) is 10.2 Å². The lowest BCUT2D eigenvalue weighted by atomic mass is 10.1.